The molecule has 1 aliphatic rings. The summed E-state index contributed by atoms with van der Waals surface area (Å²) in [5.41, 5.74) is 0.179. The quantitative estimate of drug-likeness (QED) is 0.514. The summed E-state index contributed by atoms with van der Waals surface area (Å²) in [6, 6.07) is 2.38. The second kappa shape index (κ2) is 7.66. The Hall–Kier alpha value is -3.21. The maximum absolute atomic E-state index is 13.8. The number of nitrogens with zero attached hydrogens (tertiary/aromatic N) is 3. The summed E-state index contributed by atoms with van der Waals surface area (Å²) in [7, 11) is 0. The number of hydrogen-bond donors (Lipinski definition) is 4. The molecule has 0 radical (unpaired) electrons. The third-order valence-corrected chi connectivity index (χ3v) is 4.82. The van der Waals surface area contributed by atoms with Crippen molar-refractivity contribution in [3.05, 3.63) is 47.4 Å². The normalized spacial score (nSPS) is 21.4. The number of anilines is 1. The highest BCUT2D eigenvalue weighted by molar-refractivity contribution is 6.07. The maximum Gasteiger partial charge on any atom is 0.270 e. The molecule has 152 valence electrons. The monoisotopic (exact) mass is 406 g/mol. The van der Waals surface area contributed by atoms with E-state index in [0.717, 1.165) is 18.2 Å². The number of rotatable bonds is 5. The molecular weight excluding hydrogens is 389 g/mol. The summed E-state index contributed by atoms with van der Waals surface area (Å²) in [5, 5.41) is 22.1. The molecule has 1 amide bonds. The fraction of sp³-hybridized carbons (Fsp3) is 0.333. The number of benzene rings is 1. The van der Waals surface area contributed by atoms with Crippen LogP contribution in [-0.4, -0.2) is 49.5 Å². The number of halogens is 3. The molecule has 1 aromatic carbocycles. The van der Waals surface area contributed by atoms with E-state index >= 15 is 0 Å². The van der Waals surface area contributed by atoms with Crippen molar-refractivity contribution in [2.75, 3.05) is 5.32 Å². The zero-order valence-corrected chi connectivity index (χ0v) is 15.0. The summed E-state index contributed by atoms with van der Waals surface area (Å²) in [6.07, 6.45) is -0.679. The Bertz CT molecular complexity index is 1060. The third-order valence-electron chi connectivity index (χ3n) is 4.82. The first kappa shape index (κ1) is 19.1. The van der Waals surface area contributed by atoms with Crippen LogP contribution in [0.2, 0.25) is 0 Å². The van der Waals surface area contributed by atoms with E-state index in [4.69, 9.17) is 0 Å². The second-order valence-corrected chi connectivity index (χ2v) is 6.82. The van der Waals surface area contributed by atoms with E-state index in [2.05, 4.69) is 30.8 Å². The van der Waals surface area contributed by atoms with Crippen LogP contribution in [0.3, 0.4) is 0 Å². The molecule has 8 nitrogen and oxygen atoms in total. The smallest absolute Gasteiger partial charge is 0.270 e. The molecule has 1 saturated carbocycles. The van der Waals surface area contributed by atoms with Gasteiger partial charge in [-0.1, -0.05) is 0 Å². The molecule has 3 aromatic rings. The molecule has 0 bridgehead atoms. The summed E-state index contributed by atoms with van der Waals surface area (Å²) in [5.74, 6) is -1.69. The van der Waals surface area contributed by atoms with Crippen molar-refractivity contribution in [2.24, 2.45) is 0 Å². The van der Waals surface area contributed by atoms with Crippen molar-refractivity contribution in [1.29, 1.82) is 0 Å². The number of carbonyl (C=O) groups is 1. The van der Waals surface area contributed by atoms with Crippen LogP contribution in [0.15, 0.2) is 24.5 Å². The number of carbonyl (C=O) groups excluding carboxylic acids is 1. The number of nitrogens with one attached hydrogen (secondary N) is 3. The number of aliphatic hydroxyl groups excluding tert-OH is 1. The van der Waals surface area contributed by atoms with Gasteiger partial charge in [-0.25, -0.2) is 23.1 Å². The summed E-state index contributed by atoms with van der Waals surface area (Å²) in [4.78, 5) is 20.7. The fourth-order valence-electron chi connectivity index (χ4n) is 3.36. The molecule has 2 heterocycles. The van der Waals surface area contributed by atoms with Gasteiger partial charge in [0.1, 0.15) is 35.6 Å². The minimum absolute atomic E-state index is 0.00389. The van der Waals surface area contributed by atoms with Crippen molar-refractivity contribution >= 4 is 22.8 Å². The first-order valence-corrected chi connectivity index (χ1v) is 8.92. The highest BCUT2D eigenvalue weighted by Crippen LogP contribution is 2.28. The molecule has 4 rings (SSSR count). The van der Waals surface area contributed by atoms with E-state index < -0.39 is 35.9 Å². The molecule has 29 heavy (non-hydrogen) atoms. The van der Waals surface area contributed by atoms with Crippen LogP contribution in [0.5, 0.6) is 0 Å². The predicted molar refractivity (Wildman–Crippen MR) is 96.8 cm³/mol. The van der Waals surface area contributed by atoms with Gasteiger partial charge in [-0.3, -0.25) is 9.89 Å². The van der Waals surface area contributed by atoms with Crippen LogP contribution in [-0.2, 0) is 6.54 Å². The van der Waals surface area contributed by atoms with Crippen LogP contribution in [0, 0.1) is 11.6 Å². The highest BCUT2D eigenvalue weighted by Gasteiger charge is 2.34. The van der Waals surface area contributed by atoms with Crippen LogP contribution < -0.4 is 10.6 Å². The number of hydrogen-bond acceptors (Lipinski definition) is 6. The van der Waals surface area contributed by atoms with E-state index in [9.17, 15) is 23.1 Å². The largest absolute Gasteiger partial charge is 0.391 e. The van der Waals surface area contributed by atoms with E-state index in [-0.39, 0.29) is 47.5 Å². The standard InChI is InChI=1S/C18H17F3N6O2/c19-9-1-2-11(21)8(3-9)6-22-18(29)15-14-16(23-7-24-17(14)27-26-15)25-12-4-10(20)5-13(12)28/h1-3,7,10,12-13,28H,4-6H2,(H,22,29)(H2,23,24,25,26,27)/t10-,12-,13-/m1/s1. The van der Waals surface area contributed by atoms with Gasteiger partial charge >= 0.3 is 0 Å². The number of fused-ring (bicyclic) bond motifs is 1. The molecule has 0 aliphatic heterocycles. The summed E-state index contributed by atoms with van der Waals surface area (Å²) < 4.78 is 40.6. The lowest BCUT2D eigenvalue weighted by atomic mass is 10.2. The molecule has 4 N–H and O–H groups in total. The molecule has 0 unspecified atom stereocenters. The van der Waals surface area contributed by atoms with Gasteiger partial charge in [0, 0.05) is 24.9 Å². The first-order chi connectivity index (χ1) is 13.9. The van der Waals surface area contributed by atoms with Crippen LogP contribution >= 0.6 is 0 Å². The molecule has 1 fully saturated rings. The van der Waals surface area contributed by atoms with Gasteiger partial charge in [0.15, 0.2) is 5.65 Å². The van der Waals surface area contributed by atoms with Gasteiger partial charge < -0.3 is 15.7 Å². The number of H-pyrrole nitrogens is 1. The number of aromatic nitrogens is 4. The van der Waals surface area contributed by atoms with Crippen molar-refractivity contribution in [1.82, 2.24) is 25.5 Å². The molecular formula is C18H17F3N6O2. The second-order valence-electron chi connectivity index (χ2n) is 6.82. The zero-order valence-electron chi connectivity index (χ0n) is 15.0. The molecule has 11 heteroatoms. The number of alkyl halides is 1. The van der Waals surface area contributed by atoms with Crippen molar-refractivity contribution in [2.45, 2.75) is 37.7 Å². The van der Waals surface area contributed by atoms with Crippen LogP contribution in [0.1, 0.15) is 28.9 Å². The lowest BCUT2D eigenvalue weighted by molar-refractivity contribution is 0.0947. The number of aliphatic hydroxyl groups is 1. The average Bonchev–Trinajstić information content (AvgIpc) is 3.26. The van der Waals surface area contributed by atoms with Crippen molar-refractivity contribution in [3.8, 4) is 0 Å². The summed E-state index contributed by atoms with van der Waals surface area (Å²) >= 11 is 0. The Morgan fingerprint density at radius 2 is 2.10 bits per heavy atom. The Labute approximate surface area is 162 Å². The average molecular weight is 406 g/mol. The number of aromatic amines is 1. The van der Waals surface area contributed by atoms with Gasteiger partial charge in [-0.15, -0.1) is 0 Å². The van der Waals surface area contributed by atoms with Gasteiger partial charge in [0.2, 0.25) is 0 Å². The van der Waals surface area contributed by atoms with E-state index in [1.54, 1.807) is 0 Å². The first-order valence-electron chi connectivity index (χ1n) is 8.92. The maximum atomic E-state index is 13.8. The Morgan fingerprint density at radius 1 is 1.28 bits per heavy atom. The SMILES string of the molecule is O=C(NCc1cc(F)ccc1F)c1[nH]nc2ncnc(N[C@@H]3C[C@@H](F)C[C@H]3O)c12. The highest BCUT2D eigenvalue weighted by atomic mass is 19.1. The minimum atomic E-state index is -1.13. The molecule has 2 aromatic heterocycles. The third kappa shape index (κ3) is 3.86. The van der Waals surface area contributed by atoms with Crippen LogP contribution in [0.4, 0.5) is 19.0 Å². The Morgan fingerprint density at radius 3 is 2.86 bits per heavy atom. The zero-order chi connectivity index (χ0) is 20.5. The fourth-order valence-corrected chi connectivity index (χ4v) is 3.36. The molecule has 3 atom stereocenters. The van der Waals surface area contributed by atoms with E-state index in [1.807, 2.05) is 0 Å². The lowest BCUT2D eigenvalue weighted by Crippen LogP contribution is -2.29. The molecule has 0 spiro atoms. The minimum Gasteiger partial charge on any atom is -0.391 e. The van der Waals surface area contributed by atoms with E-state index in [0.29, 0.717) is 0 Å². The van der Waals surface area contributed by atoms with Gasteiger partial charge in [-0.05, 0) is 18.2 Å². The van der Waals surface area contributed by atoms with Gasteiger partial charge in [-0.2, -0.15) is 5.10 Å². The Balaban J connectivity index is 1.57. The van der Waals surface area contributed by atoms with E-state index in [1.165, 1.54) is 6.33 Å². The van der Waals surface area contributed by atoms with Gasteiger partial charge in [0.25, 0.3) is 5.91 Å². The summed E-state index contributed by atoms with van der Waals surface area (Å²) in [6.45, 7) is -0.246. The van der Waals surface area contributed by atoms with Crippen molar-refractivity contribution < 1.29 is 23.1 Å². The molecule has 0 saturated heterocycles. The Kier molecular flexibility index (Phi) is 5.05. The predicted octanol–water partition coefficient (Wildman–Crippen LogP) is 1.83. The topological polar surface area (TPSA) is 116 Å². The number of amides is 1. The van der Waals surface area contributed by atoms with Crippen molar-refractivity contribution in [3.63, 3.8) is 0 Å². The lowest BCUT2D eigenvalue weighted by Gasteiger charge is -2.17. The van der Waals surface area contributed by atoms with Gasteiger partial charge in [0.05, 0.1) is 17.5 Å². The molecule has 1 aliphatic carbocycles. The van der Waals surface area contributed by atoms with Crippen LogP contribution in [0.25, 0.3) is 11.0 Å².